The van der Waals surface area contributed by atoms with Gasteiger partial charge in [0.2, 0.25) is 0 Å². The molecule has 10 heteroatoms. The van der Waals surface area contributed by atoms with E-state index in [0.717, 1.165) is 28.1 Å². The van der Waals surface area contributed by atoms with Crippen LogP contribution >= 0.6 is 11.6 Å². The maximum atomic E-state index is 12.9. The summed E-state index contributed by atoms with van der Waals surface area (Å²) in [6.07, 6.45) is 14.2. The van der Waals surface area contributed by atoms with Gasteiger partial charge in [-0.2, -0.15) is 5.10 Å². The van der Waals surface area contributed by atoms with Crippen LogP contribution in [0.1, 0.15) is 58.1 Å². The van der Waals surface area contributed by atoms with Crippen LogP contribution in [0.25, 0.3) is 11.2 Å². The lowest BCUT2D eigenvalue weighted by molar-refractivity contribution is -0.184. The van der Waals surface area contributed by atoms with E-state index in [1.165, 1.54) is 18.4 Å². The molecule has 1 aliphatic carbocycles. The highest BCUT2D eigenvalue weighted by atomic mass is 35.5. The van der Waals surface area contributed by atoms with Gasteiger partial charge in [0.05, 0.1) is 54.8 Å². The minimum absolute atomic E-state index is 0.00740. The number of carbonyl (C=O) groups excluding carboxylic acids is 1. The second-order valence-corrected chi connectivity index (χ2v) is 10.6. The lowest BCUT2D eigenvalue weighted by Crippen LogP contribution is -2.46. The summed E-state index contributed by atoms with van der Waals surface area (Å²) in [4.78, 5) is 22.1. The van der Waals surface area contributed by atoms with Crippen molar-refractivity contribution in [2.45, 2.75) is 43.7 Å². The molecule has 1 saturated carbocycles. The third-order valence-electron chi connectivity index (χ3n) is 7.30. The Hall–Kier alpha value is -3.53. The predicted molar refractivity (Wildman–Crippen MR) is 136 cm³/mol. The van der Waals surface area contributed by atoms with Gasteiger partial charge < -0.3 is 18.6 Å². The van der Waals surface area contributed by atoms with Gasteiger partial charge in [-0.05, 0) is 48.9 Å². The van der Waals surface area contributed by atoms with Gasteiger partial charge in [-0.1, -0.05) is 11.6 Å². The van der Waals surface area contributed by atoms with Crippen molar-refractivity contribution < 1.29 is 14.6 Å². The molecule has 5 aromatic heterocycles. The summed E-state index contributed by atoms with van der Waals surface area (Å²) in [5, 5.41) is 16.1. The fourth-order valence-corrected chi connectivity index (χ4v) is 5.19. The Kier molecular flexibility index (Phi) is 5.21. The summed E-state index contributed by atoms with van der Waals surface area (Å²) in [7, 11) is 0. The van der Waals surface area contributed by atoms with Gasteiger partial charge >= 0.3 is 0 Å². The average Bonchev–Trinajstić information content (AvgIpc) is 3.28. The number of aromatic nitrogens is 6. The highest BCUT2D eigenvalue weighted by molar-refractivity contribution is 6.30. The standard InChI is InChI=1S/C27H25ClN6O3/c28-20-5-6-32-16-29-23(24(32)8-20)3-4-25(35)19-9-30-34(11-19)13-21-12-33-10-18(17-1-2-17)7-22(26(33)31-21)27(36)14-37-15-27/h5-12,16-17,36H,1-4,13-15H2. The van der Waals surface area contributed by atoms with Gasteiger partial charge in [-0.25, -0.2) is 9.97 Å². The number of Topliss-reactive ketones (excluding diaryl/α,β-unsaturated/α-hetero) is 1. The minimum atomic E-state index is -0.994. The largest absolute Gasteiger partial charge is 0.380 e. The molecule has 0 atom stereocenters. The number of halogens is 1. The second-order valence-electron chi connectivity index (χ2n) is 10.1. The lowest BCUT2D eigenvalue weighted by Gasteiger charge is -2.37. The van der Waals surface area contributed by atoms with Gasteiger partial charge in [0.15, 0.2) is 5.78 Å². The Labute approximate surface area is 217 Å². The van der Waals surface area contributed by atoms with Crippen LogP contribution in [0, 0.1) is 0 Å². The number of aryl methyl sites for hydroxylation is 1. The molecule has 2 fully saturated rings. The van der Waals surface area contributed by atoms with E-state index in [9.17, 15) is 9.90 Å². The molecule has 1 N–H and O–H groups in total. The normalized spacial score (nSPS) is 16.9. The van der Waals surface area contributed by atoms with E-state index in [1.807, 2.05) is 27.3 Å². The van der Waals surface area contributed by atoms with Crippen LogP contribution in [-0.4, -0.2) is 52.7 Å². The molecule has 1 aliphatic heterocycles. The topological polar surface area (TPSA) is 99.0 Å². The molecule has 5 aromatic rings. The van der Waals surface area contributed by atoms with Crippen molar-refractivity contribution in [1.29, 1.82) is 0 Å². The first-order valence-corrected chi connectivity index (χ1v) is 12.8. The molecule has 2 aliphatic rings. The van der Waals surface area contributed by atoms with Crippen molar-refractivity contribution in [3.05, 3.63) is 88.6 Å². The molecule has 0 radical (unpaired) electrons. The molecule has 6 heterocycles. The number of imidazole rings is 2. The van der Waals surface area contributed by atoms with Gasteiger partial charge in [-0.3, -0.25) is 9.48 Å². The van der Waals surface area contributed by atoms with E-state index in [0.29, 0.717) is 35.9 Å². The summed E-state index contributed by atoms with van der Waals surface area (Å²) in [6, 6.07) is 5.75. The van der Waals surface area contributed by atoms with Crippen molar-refractivity contribution in [2.75, 3.05) is 13.2 Å². The van der Waals surface area contributed by atoms with Gasteiger partial charge in [-0.15, -0.1) is 0 Å². The van der Waals surface area contributed by atoms with E-state index in [2.05, 4.69) is 22.3 Å². The Balaban J connectivity index is 1.09. The molecule has 1 saturated heterocycles. The number of carbonyl (C=O) groups is 1. The summed E-state index contributed by atoms with van der Waals surface area (Å²) in [5.74, 6) is 0.559. The van der Waals surface area contributed by atoms with Gasteiger partial charge in [0.1, 0.15) is 11.2 Å². The van der Waals surface area contributed by atoms with E-state index >= 15 is 0 Å². The van der Waals surface area contributed by atoms with Crippen molar-refractivity contribution in [3.8, 4) is 0 Å². The smallest absolute Gasteiger partial charge is 0.166 e. The predicted octanol–water partition coefficient (Wildman–Crippen LogP) is 3.79. The Bertz CT molecular complexity index is 1660. The Morgan fingerprint density at radius 3 is 2.84 bits per heavy atom. The average molecular weight is 517 g/mol. The third kappa shape index (κ3) is 4.13. The number of fused-ring (bicyclic) bond motifs is 2. The van der Waals surface area contributed by atoms with Crippen molar-refractivity contribution >= 4 is 28.5 Å². The summed E-state index contributed by atoms with van der Waals surface area (Å²) in [6.45, 7) is 0.989. The van der Waals surface area contributed by atoms with Crippen LogP contribution in [0.5, 0.6) is 0 Å². The molecule has 0 bridgehead atoms. The van der Waals surface area contributed by atoms with Crippen molar-refractivity contribution in [2.24, 2.45) is 0 Å². The lowest BCUT2D eigenvalue weighted by atomic mass is 9.91. The first-order valence-electron chi connectivity index (χ1n) is 12.4. The zero-order chi connectivity index (χ0) is 25.1. The van der Waals surface area contributed by atoms with E-state index < -0.39 is 5.60 Å². The summed E-state index contributed by atoms with van der Waals surface area (Å²) < 4.78 is 10.9. The Morgan fingerprint density at radius 2 is 2.05 bits per heavy atom. The molecule has 0 aromatic carbocycles. The number of ketones is 1. The first kappa shape index (κ1) is 22.7. The zero-order valence-corrected chi connectivity index (χ0v) is 20.8. The molecule has 0 amide bonds. The zero-order valence-electron chi connectivity index (χ0n) is 20.0. The minimum Gasteiger partial charge on any atom is -0.380 e. The van der Waals surface area contributed by atoms with Crippen LogP contribution in [0.4, 0.5) is 0 Å². The maximum Gasteiger partial charge on any atom is 0.166 e. The van der Waals surface area contributed by atoms with E-state index in [1.54, 1.807) is 29.5 Å². The second kappa shape index (κ2) is 8.51. The fraction of sp³-hybridized carbons (Fsp3) is 0.333. The van der Waals surface area contributed by atoms with Gasteiger partial charge in [0.25, 0.3) is 0 Å². The monoisotopic (exact) mass is 516 g/mol. The number of rotatable bonds is 8. The highest BCUT2D eigenvalue weighted by Gasteiger charge is 2.41. The van der Waals surface area contributed by atoms with Crippen LogP contribution in [0.15, 0.2) is 55.5 Å². The number of nitrogens with zero attached hydrogens (tertiary/aromatic N) is 6. The molecule has 188 valence electrons. The summed E-state index contributed by atoms with van der Waals surface area (Å²) in [5.41, 5.74) is 4.90. The maximum absolute atomic E-state index is 12.9. The third-order valence-corrected chi connectivity index (χ3v) is 7.54. The molecule has 9 nitrogen and oxygen atoms in total. The quantitative estimate of drug-likeness (QED) is 0.315. The van der Waals surface area contributed by atoms with Crippen molar-refractivity contribution in [1.82, 2.24) is 28.5 Å². The van der Waals surface area contributed by atoms with Crippen LogP contribution in [0.3, 0.4) is 0 Å². The number of aliphatic hydroxyl groups is 1. The number of ether oxygens (including phenoxy) is 1. The SMILES string of the molecule is O=C(CCc1ncn2ccc(Cl)cc12)c1cnn(Cc2cn3cc(C4CC4)cc(C4(O)COC4)c3n2)c1. The first-order chi connectivity index (χ1) is 17.9. The molecule has 7 rings (SSSR count). The van der Waals surface area contributed by atoms with Crippen molar-refractivity contribution in [3.63, 3.8) is 0 Å². The molecule has 0 unspecified atom stereocenters. The molecule has 0 spiro atoms. The molecular formula is C27H25ClN6O3. The number of hydrogen-bond acceptors (Lipinski definition) is 6. The number of hydrogen-bond donors (Lipinski definition) is 1. The van der Waals surface area contributed by atoms with E-state index in [-0.39, 0.29) is 19.0 Å². The Morgan fingerprint density at radius 1 is 1.19 bits per heavy atom. The summed E-state index contributed by atoms with van der Waals surface area (Å²) >= 11 is 6.12. The van der Waals surface area contributed by atoms with Crippen LogP contribution < -0.4 is 0 Å². The van der Waals surface area contributed by atoms with Gasteiger partial charge in [0, 0.05) is 41.8 Å². The highest BCUT2D eigenvalue weighted by Crippen LogP contribution is 2.42. The fourth-order valence-electron chi connectivity index (χ4n) is 5.03. The number of pyridine rings is 2. The van der Waals surface area contributed by atoms with E-state index in [4.69, 9.17) is 21.3 Å². The van der Waals surface area contributed by atoms with Crippen LogP contribution in [-0.2, 0) is 23.3 Å². The molecule has 37 heavy (non-hydrogen) atoms. The van der Waals surface area contributed by atoms with Crippen LogP contribution in [0.2, 0.25) is 5.02 Å². The molecular weight excluding hydrogens is 492 g/mol.